The lowest BCUT2D eigenvalue weighted by Crippen LogP contribution is -2.31. The van der Waals surface area contributed by atoms with Crippen LogP contribution < -0.4 is 10.9 Å². The van der Waals surface area contributed by atoms with E-state index in [1.165, 1.54) is 30.1 Å². The van der Waals surface area contributed by atoms with Crippen LogP contribution >= 0.6 is 11.6 Å². The van der Waals surface area contributed by atoms with E-state index in [1.54, 1.807) is 0 Å². The first-order chi connectivity index (χ1) is 9.58. The van der Waals surface area contributed by atoms with Crippen molar-refractivity contribution in [2.75, 3.05) is 18.5 Å². The molecule has 0 atom stereocenters. The van der Waals surface area contributed by atoms with Gasteiger partial charge in [0.25, 0.3) is 5.56 Å². The number of nitrogens with zero attached hydrogens (tertiary/aromatic N) is 2. The summed E-state index contributed by atoms with van der Waals surface area (Å²) in [5, 5.41) is 7.54. The molecule has 20 heavy (non-hydrogen) atoms. The van der Waals surface area contributed by atoms with Crippen LogP contribution in [0.4, 0.5) is 5.69 Å². The molecule has 1 aromatic rings. The molecule has 1 aliphatic carbocycles. The maximum absolute atomic E-state index is 12.3. The fourth-order valence-electron chi connectivity index (χ4n) is 2.15. The number of nitrogens with one attached hydrogen (secondary N) is 1. The summed E-state index contributed by atoms with van der Waals surface area (Å²) >= 11 is 6.05. The Bertz CT molecular complexity index is 498. The van der Waals surface area contributed by atoms with Gasteiger partial charge < -0.3 is 10.1 Å². The number of hydrogen-bond acceptors (Lipinski definition) is 4. The van der Waals surface area contributed by atoms with Crippen LogP contribution in [0, 0.1) is 5.92 Å². The van der Waals surface area contributed by atoms with E-state index in [1.807, 2.05) is 13.8 Å². The molecule has 112 valence electrons. The summed E-state index contributed by atoms with van der Waals surface area (Å²) in [5.41, 5.74) is 0.280. The molecule has 1 N–H and O–H groups in total. The van der Waals surface area contributed by atoms with Crippen molar-refractivity contribution in [1.29, 1.82) is 0 Å². The molecule has 0 aliphatic heterocycles. The molecule has 0 aromatic carbocycles. The second kappa shape index (κ2) is 7.09. The van der Waals surface area contributed by atoms with Gasteiger partial charge in [-0.1, -0.05) is 18.0 Å². The van der Waals surface area contributed by atoms with Gasteiger partial charge in [0.2, 0.25) is 0 Å². The second-order valence-electron chi connectivity index (χ2n) is 5.50. The first kappa shape index (κ1) is 15.3. The lowest BCUT2D eigenvalue weighted by Gasteiger charge is -2.25. The first-order valence-corrected chi connectivity index (χ1v) is 7.57. The largest absolute Gasteiger partial charge is 0.377 e. The van der Waals surface area contributed by atoms with Crippen molar-refractivity contribution in [2.45, 2.75) is 45.8 Å². The molecule has 0 amide bonds. The van der Waals surface area contributed by atoms with Crippen molar-refractivity contribution in [3.63, 3.8) is 0 Å². The van der Waals surface area contributed by atoms with Gasteiger partial charge >= 0.3 is 0 Å². The highest BCUT2D eigenvalue weighted by atomic mass is 35.5. The zero-order valence-electron chi connectivity index (χ0n) is 12.1. The highest BCUT2D eigenvalue weighted by Gasteiger charge is 2.20. The molecular weight excluding hydrogens is 278 g/mol. The third kappa shape index (κ3) is 3.96. The van der Waals surface area contributed by atoms with Crippen molar-refractivity contribution in [3.8, 4) is 0 Å². The van der Waals surface area contributed by atoms with Crippen molar-refractivity contribution in [3.05, 3.63) is 21.6 Å². The fraction of sp³-hybridized carbons (Fsp3) is 0.714. The highest BCUT2D eigenvalue weighted by molar-refractivity contribution is 6.32. The summed E-state index contributed by atoms with van der Waals surface area (Å²) in [5.74, 6) is 0.582. The van der Waals surface area contributed by atoms with E-state index < -0.39 is 0 Å². The van der Waals surface area contributed by atoms with Crippen LogP contribution in [0.5, 0.6) is 0 Å². The molecule has 1 fully saturated rings. The lowest BCUT2D eigenvalue weighted by atomic mass is 9.85. The number of hydrogen-bond donors (Lipinski definition) is 1. The van der Waals surface area contributed by atoms with Gasteiger partial charge in [-0.05, 0) is 32.6 Å². The van der Waals surface area contributed by atoms with Gasteiger partial charge in [0, 0.05) is 13.1 Å². The van der Waals surface area contributed by atoms with Gasteiger partial charge in [-0.3, -0.25) is 4.79 Å². The maximum atomic E-state index is 12.3. The zero-order chi connectivity index (χ0) is 14.5. The third-order valence-electron chi connectivity index (χ3n) is 3.51. The monoisotopic (exact) mass is 299 g/mol. The van der Waals surface area contributed by atoms with Gasteiger partial charge in [-0.25, -0.2) is 4.68 Å². The van der Waals surface area contributed by atoms with Gasteiger partial charge in [-0.15, -0.1) is 0 Å². The van der Waals surface area contributed by atoms with Crippen LogP contribution in [0.25, 0.3) is 0 Å². The van der Waals surface area contributed by atoms with Crippen molar-refractivity contribution in [1.82, 2.24) is 9.78 Å². The number of anilines is 1. The van der Waals surface area contributed by atoms with Crippen molar-refractivity contribution in [2.24, 2.45) is 5.92 Å². The Balaban J connectivity index is 1.99. The number of ether oxygens (including phenoxy) is 1. The summed E-state index contributed by atoms with van der Waals surface area (Å²) in [6.07, 6.45) is 5.33. The summed E-state index contributed by atoms with van der Waals surface area (Å²) in [6, 6.07) is 0. The van der Waals surface area contributed by atoms with Crippen LogP contribution in [-0.4, -0.2) is 29.0 Å². The molecule has 0 bridgehead atoms. The second-order valence-corrected chi connectivity index (χ2v) is 5.91. The van der Waals surface area contributed by atoms with Gasteiger partial charge in [0.05, 0.1) is 23.9 Å². The van der Waals surface area contributed by atoms with Crippen LogP contribution in [0.15, 0.2) is 11.0 Å². The molecule has 1 aromatic heterocycles. The SMILES string of the molecule is CC(C)OCCNc1c(Cl)cnn(CC2CCC2)c1=O. The zero-order valence-corrected chi connectivity index (χ0v) is 12.8. The van der Waals surface area contributed by atoms with E-state index in [0.29, 0.717) is 36.3 Å². The Morgan fingerprint density at radius 2 is 2.30 bits per heavy atom. The van der Waals surface area contributed by atoms with Crippen molar-refractivity contribution < 1.29 is 4.74 Å². The number of halogens is 1. The van der Waals surface area contributed by atoms with Gasteiger partial charge in [0.15, 0.2) is 0 Å². The Kier molecular flexibility index (Phi) is 5.43. The summed E-state index contributed by atoms with van der Waals surface area (Å²) in [6.45, 7) is 5.74. The Morgan fingerprint density at radius 1 is 1.55 bits per heavy atom. The van der Waals surface area contributed by atoms with Crippen LogP contribution in [-0.2, 0) is 11.3 Å². The minimum absolute atomic E-state index is 0.144. The van der Waals surface area contributed by atoms with Crippen LogP contribution in [0.3, 0.4) is 0 Å². The van der Waals surface area contributed by atoms with Crippen LogP contribution in [0.2, 0.25) is 5.02 Å². The molecule has 0 unspecified atom stereocenters. The van der Waals surface area contributed by atoms with Gasteiger partial charge in [-0.2, -0.15) is 5.10 Å². The molecular formula is C14H22ClN3O2. The fourth-order valence-corrected chi connectivity index (χ4v) is 2.34. The number of rotatable bonds is 7. The maximum Gasteiger partial charge on any atom is 0.291 e. The van der Waals surface area contributed by atoms with E-state index in [2.05, 4.69) is 10.4 Å². The number of aromatic nitrogens is 2. The van der Waals surface area contributed by atoms with E-state index in [-0.39, 0.29) is 11.7 Å². The van der Waals surface area contributed by atoms with E-state index >= 15 is 0 Å². The molecule has 1 saturated carbocycles. The first-order valence-electron chi connectivity index (χ1n) is 7.19. The van der Waals surface area contributed by atoms with E-state index in [0.717, 1.165) is 0 Å². The molecule has 6 heteroatoms. The minimum atomic E-state index is -0.144. The Morgan fingerprint density at radius 3 is 2.90 bits per heavy atom. The van der Waals surface area contributed by atoms with Gasteiger partial charge in [0.1, 0.15) is 5.69 Å². The molecule has 0 radical (unpaired) electrons. The Hall–Kier alpha value is -1.07. The molecule has 1 heterocycles. The lowest BCUT2D eigenvalue weighted by molar-refractivity contribution is 0.0870. The molecule has 0 spiro atoms. The predicted molar refractivity (Wildman–Crippen MR) is 80.4 cm³/mol. The quantitative estimate of drug-likeness (QED) is 0.786. The molecule has 0 saturated heterocycles. The van der Waals surface area contributed by atoms with Crippen LogP contribution in [0.1, 0.15) is 33.1 Å². The summed E-state index contributed by atoms with van der Waals surface area (Å²) < 4.78 is 6.95. The summed E-state index contributed by atoms with van der Waals surface area (Å²) in [4.78, 5) is 12.3. The minimum Gasteiger partial charge on any atom is -0.377 e. The standard InChI is InChI=1S/C14H22ClN3O2/c1-10(2)20-7-6-16-13-12(15)8-17-18(14(13)19)9-11-4-3-5-11/h8,10-11,16H,3-7,9H2,1-2H3. The van der Waals surface area contributed by atoms with E-state index in [4.69, 9.17) is 16.3 Å². The Labute approximate surface area is 124 Å². The van der Waals surface area contributed by atoms with E-state index in [9.17, 15) is 4.79 Å². The summed E-state index contributed by atoms with van der Waals surface area (Å²) in [7, 11) is 0. The molecule has 5 nitrogen and oxygen atoms in total. The predicted octanol–water partition coefficient (Wildman–Crippen LogP) is 2.53. The van der Waals surface area contributed by atoms with Crippen molar-refractivity contribution >= 4 is 17.3 Å². The molecule has 2 rings (SSSR count). The normalized spacial score (nSPS) is 15.4. The average Bonchev–Trinajstić information content (AvgIpc) is 2.34. The third-order valence-corrected chi connectivity index (χ3v) is 3.80. The average molecular weight is 300 g/mol. The topological polar surface area (TPSA) is 56.1 Å². The molecule has 1 aliphatic rings. The highest BCUT2D eigenvalue weighted by Crippen LogP contribution is 2.27. The smallest absolute Gasteiger partial charge is 0.291 e.